The summed E-state index contributed by atoms with van der Waals surface area (Å²) in [6.45, 7) is 6.52. The van der Waals surface area contributed by atoms with Gasteiger partial charge in [-0.05, 0) is 20.8 Å². The highest BCUT2D eigenvalue weighted by molar-refractivity contribution is 5.75. The van der Waals surface area contributed by atoms with Crippen molar-refractivity contribution in [3.05, 3.63) is 0 Å². The summed E-state index contributed by atoms with van der Waals surface area (Å²) in [5.74, 6) is -2.15. The van der Waals surface area contributed by atoms with Gasteiger partial charge in [-0.1, -0.05) is 0 Å². The molecule has 0 fully saturated rings. The first-order chi connectivity index (χ1) is 9.54. The SMILES string of the molecule is CC(O)CN(CC(C)O)CC(C)O.O=C(O)CCC(=O)O. The second-order valence-corrected chi connectivity index (χ2v) is 5.05. The molecule has 0 aromatic rings. The summed E-state index contributed by atoms with van der Waals surface area (Å²) in [7, 11) is 0. The Morgan fingerprint density at radius 3 is 1.14 bits per heavy atom. The zero-order valence-corrected chi connectivity index (χ0v) is 12.8. The maximum atomic E-state index is 9.64. The molecule has 3 unspecified atom stereocenters. The Morgan fingerprint density at radius 2 is 1.00 bits per heavy atom. The standard InChI is InChI=1S/C9H21NO3.C4H6O4/c1-7(11)4-10(5-8(2)12)6-9(3)13;5-3(6)1-2-4(7)8/h7-9,11-13H,4-6H2,1-3H3;1-2H2,(H,5,6)(H,7,8). The third-order valence-corrected chi connectivity index (χ3v) is 2.12. The van der Waals surface area contributed by atoms with E-state index in [9.17, 15) is 9.59 Å². The minimum atomic E-state index is -1.08. The van der Waals surface area contributed by atoms with Gasteiger partial charge in [0.1, 0.15) is 0 Å². The van der Waals surface area contributed by atoms with E-state index in [4.69, 9.17) is 25.5 Å². The van der Waals surface area contributed by atoms with Gasteiger partial charge in [-0.2, -0.15) is 0 Å². The molecule has 0 aromatic carbocycles. The summed E-state index contributed by atoms with van der Waals surface area (Å²) >= 11 is 0. The fraction of sp³-hybridized carbons (Fsp3) is 0.846. The molecule has 0 spiro atoms. The van der Waals surface area contributed by atoms with Crippen molar-refractivity contribution in [3.63, 3.8) is 0 Å². The van der Waals surface area contributed by atoms with Crippen LogP contribution in [0.25, 0.3) is 0 Å². The number of hydrogen-bond donors (Lipinski definition) is 5. The van der Waals surface area contributed by atoms with Crippen LogP contribution in [-0.2, 0) is 9.59 Å². The lowest BCUT2D eigenvalue weighted by molar-refractivity contribution is -0.143. The van der Waals surface area contributed by atoms with Crippen LogP contribution in [0.2, 0.25) is 0 Å². The molecule has 0 heterocycles. The molecule has 0 rings (SSSR count). The van der Waals surface area contributed by atoms with Crippen LogP contribution >= 0.6 is 0 Å². The van der Waals surface area contributed by atoms with Crippen LogP contribution in [-0.4, -0.2) is 80.3 Å². The van der Waals surface area contributed by atoms with Crippen LogP contribution in [0.4, 0.5) is 0 Å². The van der Waals surface area contributed by atoms with Crippen LogP contribution < -0.4 is 0 Å². The van der Waals surface area contributed by atoms with E-state index in [0.29, 0.717) is 19.6 Å². The fourth-order valence-corrected chi connectivity index (χ4v) is 1.56. The highest BCUT2D eigenvalue weighted by atomic mass is 16.4. The third kappa shape index (κ3) is 21.2. The summed E-state index contributed by atoms with van der Waals surface area (Å²) in [5.41, 5.74) is 0. The quantitative estimate of drug-likeness (QED) is 0.379. The van der Waals surface area contributed by atoms with Gasteiger partial charge < -0.3 is 25.5 Å². The van der Waals surface area contributed by atoms with Crippen molar-refractivity contribution in [2.45, 2.75) is 51.9 Å². The third-order valence-electron chi connectivity index (χ3n) is 2.12. The number of nitrogens with zero attached hydrogens (tertiary/aromatic N) is 1. The largest absolute Gasteiger partial charge is 0.481 e. The van der Waals surface area contributed by atoms with Gasteiger partial charge in [0, 0.05) is 19.6 Å². The molecule has 3 atom stereocenters. The number of carboxylic acid groups (broad SMARTS) is 2. The molecule has 8 nitrogen and oxygen atoms in total. The fourth-order valence-electron chi connectivity index (χ4n) is 1.56. The Labute approximate surface area is 124 Å². The molecular weight excluding hydrogens is 282 g/mol. The Balaban J connectivity index is 0. The second-order valence-electron chi connectivity index (χ2n) is 5.05. The zero-order valence-electron chi connectivity index (χ0n) is 12.8. The molecule has 126 valence electrons. The van der Waals surface area contributed by atoms with Crippen molar-refractivity contribution in [1.29, 1.82) is 0 Å². The second kappa shape index (κ2) is 12.5. The molecule has 0 aliphatic rings. The van der Waals surface area contributed by atoms with Gasteiger partial charge >= 0.3 is 11.9 Å². The van der Waals surface area contributed by atoms with Gasteiger partial charge in [0.05, 0.1) is 31.2 Å². The highest BCUT2D eigenvalue weighted by Crippen LogP contribution is 1.97. The van der Waals surface area contributed by atoms with E-state index < -0.39 is 30.3 Å². The molecule has 0 aliphatic carbocycles. The van der Waals surface area contributed by atoms with Crippen molar-refractivity contribution in [2.75, 3.05) is 19.6 Å². The maximum absolute atomic E-state index is 9.64. The predicted molar refractivity (Wildman–Crippen MR) is 76.0 cm³/mol. The number of carbonyl (C=O) groups is 2. The number of hydrogen-bond acceptors (Lipinski definition) is 6. The van der Waals surface area contributed by atoms with E-state index in [2.05, 4.69) is 0 Å². The summed E-state index contributed by atoms with van der Waals surface area (Å²) in [4.78, 5) is 21.1. The summed E-state index contributed by atoms with van der Waals surface area (Å²) in [6.07, 6.45) is -1.89. The maximum Gasteiger partial charge on any atom is 0.303 e. The first-order valence-corrected chi connectivity index (χ1v) is 6.74. The first kappa shape index (κ1) is 22.1. The Hall–Kier alpha value is -1.22. The van der Waals surface area contributed by atoms with Crippen LogP contribution in [0.3, 0.4) is 0 Å². The van der Waals surface area contributed by atoms with Crippen LogP contribution in [0.5, 0.6) is 0 Å². The molecule has 0 amide bonds. The molecule has 0 radical (unpaired) electrons. The summed E-state index contributed by atoms with van der Waals surface area (Å²) in [5, 5.41) is 43.2. The van der Waals surface area contributed by atoms with E-state index >= 15 is 0 Å². The molecule has 8 heteroatoms. The van der Waals surface area contributed by atoms with Crippen molar-refractivity contribution < 1.29 is 35.1 Å². The smallest absolute Gasteiger partial charge is 0.303 e. The molecule has 0 aliphatic heterocycles. The van der Waals surface area contributed by atoms with Crippen LogP contribution in [0.15, 0.2) is 0 Å². The topological polar surface area (TPSA) is 139 Å². The molecule has 0 bridgehead atoms. The van der Waals surface area contributed by atoms with Gasteiger partial charge in [-0.3, -0.25) is 14.5 Å². The van der Waals surface area contributed by atoms with Gasteiger partial charge in [-0.25, -0.2) is 0 Å². The molecule has 0 saturated heterocycles. The van der Waals surface area contributed by atoms with E-state index in [1.165, 1.54) is 0 Å². The van der Waals surface area contributed by atoms with Crippen molar-refractivity contribution in [3.8, 4) is 0 Å². The van der Waals surface area contributed by atoms with E-state index in [0.717, 1.165) is 0 Å². The summed E-state index contributed by atoms with van der Waals surface area (Å²) < 4.78 is 0. The first-order valence-electron chi connectivity index (χ1n) is 6.74. The van der Waals surface area contributed by atoms with Gasteiger partial charge in [0.2, 0.25) is 0 Å². The van der Waals surface area contributed by atoms with Crippen molar-refractivity contribution in [1.82, 2.24) is 4.90 Å². The molecule has 0 aromatic heterocycles. The lowest BCUT2D eigenvalue weighted by Crippen LogP contribution is -2.40. The Bertz CT molecular complexity index is 254. The number of aliphatic carboxylic acids is 2. The summed E-state index contributed by atoms with van der Waals surface area (Å²) in [6, 6.07) is 0. The van der Waals surface area contributed by atoms with E-state index in [1.54, 1.807) is 20.8 Å². The Kier molecular flexibility index (Phi) is 13.2. The van der Waals surface area contributed by atoms with Gasteiger partial charge in [-0.15, -0.1) is 0 Å². The minimum absolute atomic E-state index is 0.296. The molecule has 5 N–H and O–H groups in total. The number of rotatable bonds is 9. The average Bonchev–Trinajstić information content (AvgIpc) is 2.24. The number of carboxylic acids is 2. The predicted octanol–water partition coefficient (Wildman–Crippen LogP) is -0.633. The molecule has 0 saturated carbocycles. The van der Waals surface area contributed by atoms with Crippen molar-refractivity contribution >= 4 is 11.9 Å². The zero-order chi connectivity index (χ0) is 17.0. The average molecular weight is 309 g/mol. The Morgan fingerprint density at radius 1 is 0.762 bits per heavy atom. The van der Waals surface area contributed by atoms with Crippen LogP contribution in [0, 0.1) is 0 Å². The van der Waals surface area contributed by atoms with E-state index in [-0.39, 0.29) is 12.8 Å². The highest BCUT2D eigenvalue weighted by Gasteiger charge is 2.12. The normalized spacial score (nSPS) is 14.8. The molecule has 21 heavy (non-hydrogen) atoms. The monoisotopic (exact) mass is 309 g/mol. The number of aliphatic hydroxyl groups excluding tert-OH is 3. The minimum Gasteiger partial charge on any atom is -0.481 e. The lowest BCUT2D eigenvalue weighted by Gasteiger charge is -2.25. The van der Waals surface area contributed by atoms with E-state index in [1.807, 2.05) is 4.90 Å². The lowest BCUT2D eigenvalue weighted by atomic mass is 10.2. The van der Waals surface area contributed by atoms with Crippen molar-refractivity contribution in [2.24, 2.45) is 0 Å². The van der Waals surface area contributed by atoms with Gasteiger partial charge in [0.25, 0.3) is 0 Å². The van der Waals surface area contributed by atoms with Crippen LogP contribution in [0.1, 0.15) is 33.6 Å². The molecular formula is C13H27NO7. The van der Waals surface area contributed by atoms with Gasteiger partial charge in [0.15, 0.2) is 0 Å². The number of aliphatic hydroxyl groups is 3.